The third kappa shape index (κ3) is 2.69. The topological polar surface area (TPSA) is 54.3 Å². The Balaban J connectivity index is 2.34. The Morgan fingerprint density at radius 3 is 2.72 bits per heavy atom. The molecular formula is C13H15ClN2O2. The highest BCUT2D eigenvalue weighted by Gasteiger charge is 2.20. The number of halogens is 1. The van der Waals surface area contributed by atoms with Crippen LogP contribution in [0.4, 0.5) is 0 Å². The second-order valence-electron chi connectivity index (χ2n) is 4.41. The van der Waals surface area contributed by atoms with Crippen LogP contribution in [0.15, 0.2) is 12.1 Å². The van der Waals surface area contributed by atoms with E-state index in [1.165, 1.54) is 0 Å². The molecule has 1 atom stereocenters. The van der Waals surface area contributed by atoms with Crippen LogP contribution in [0.25, 0.3) is 0 Å². The first-order chi connectivity index (χ1) is 8.61. The molecule has 1 aliphatic rings. The number of nitriles is 1. The minimum absolute atomic E-state index is 0.210. The van der Waals surface area contributed by atoms with E-state index in [9.17, 15) is 5.26 Å². The number of hydrogen-bond acceptors (Lipinski definition) is 4. The largest absolute Gasteiger partial charge is 0.486 e. The van der Waals surface area contributed by atoms with Crippen LogP contribution < -0.4 is 14.8 Å². The molecular weight excluding hydrogens is 252 g/mol. The monoisotopic (exact) mass is 266 g/mol. The molecule has 96 valence electrons. The first kappa shape index (κ1) is 13.0. The number of nitrogens with one attached hydrogen (secondary N) is 1. The fourth-order valence-electron chi connectivity index (χ4n) is 1.84. The zero-order valence-electron chi connectivity index (χ0n) is 10.4. The second-order valence-corrected chi connectivity index (χ2v) is 4.82. The number of fused-ring (bicyclic) bond motifs is 1. The molecule has 0 saturated heterocycles. The van der Waals surface area contributed by atoms with Crippen LogP contribution in [-0.4, -0.2) is 19.3 Å². The summed E-state index contributed by atoms with van der Waals surface area (Å²) in [6, 6.07) is 5.58. The molecule has 1 aliphatic heterocycles. The van der Waals surface area contributed by atoms with Crippen LogP contribution in [0.2, 0.25) is 5.02 Å². The molecule has 1 aromatic carbocycles. The molecule has 5 heteroatoms. The predicted octanol–water partition coefficient (Wildman–Crippen LogP) is 2.67. The van der Waals surface area contributed by atoms with Gasteiger partial charge in [-0.3, -0.25) is 5.32 Å². The summed E-state index contributed by atoms with van der Waals surface area (Å²) in [5.41, 5.74) is 0.792. The van der Waals surface area contributed by atoms with Crippen LogP contribution in [0.1, 0.15) is 25.5 Å². The van der Waals surface area contributed by atoms with Crippen molar-refractivity contribution in [2.45, 2.75) is 25.9 Å². The maximum atomic E-state index is 9.20. The van der Waals surface area contributed by atoms with E-state index in [1.54, 1.807) is 6.07 Å². The van der Waals surface area contributed by atoms with Crippen LogP contribution >= 0.6 is 11.6 Å². The van der Waals surface area contributed by atoms with E-state index < -0.39 is 6.04 Å². The number of benzene rings is 1. The molecule has 0 spiro atoms. The van der Waals surface area contributed by atoms with Gasteiger partial charge in [-0.1, -0.05) is 11.6 Å². The summed E-state index contributed by atoms with van der Waals surface area (Å²) in [5.74, 6) is 1.17. The van der Waals surface area contributed by atoms with Crippen molar-refractivity contribution in [2.24, 2.45) is 0 Å². The van der Waals surface area contributed by atoms with Crippen molar-refractivity contribution in [1.82, 2.24) is 5.32 Å². The highest BCUT2D eigenvalue weighted by molar-refractivity contribution is 6.32. The second kappa shape index (κ2) is 5.47. The average Bonchev–Trinajstić information content (AvgIpc) is 2.35. The minimum atomic E-state index is -0.404. The molecule has 0 bridgehead atoms. The lowest BCUT2D eigenvalue weighted by Crippen LogP contribution is -2.27. The molecule has 0 aliphatic carbocycles. The Kier molecular flexibility index (Phi) is 3.95. The highest BCUT2D eigenvalue weighted by atomic mass is 35.5. The van der Waals surface area contributed by atoms with Gasteiger partial charge in [0.2, 0.25) is 0 Å². The maximum Gasteiger partial charge on any atom is 0.179 e. The number of hydrogen-bond donors (Lipinski definition) is 1. The molecule has 1 N–H and O–H groups in total. The minimum Gasteiger partial charge on any atom is -0.486 e. The first-order valence-electron chi connectivity index (χ1n) is 5.86. The SMILES string of the molecule is CC(C)NC(C#N)c1cc(Cl)c2c(c1)OCCO2. The van der Waals surface area contributed by atoms with Crippen molar-refractivity contribution < 1.29 is 9.47 Å². The van der Waals surface area contributed by atoms with E-state index in [2.05, 4.69) is 11.4 Å². The van der Waals surface area contributed by atoms with Gasteiger partial charge in [-0.25, -0.2) is 0 Å². The summed E-state index contributed by atoms with van der Waals surface area (Å²) in [7, 11) is 0. The lowest BCUT2D eigenvalue weighted by atomic mass is 10.1. The smallest absolute Gasteiger partial charge is 0.179 e. The quantitative estimate of drug-likeness (QED) is 0.914. The predicted molar refractivity (Wildman–Crippen MR) is 69.1 cm³/mol. The van der Waals surface area contributed by atoms with Crippen molar-refractivity contribution in [3.63, 3.8) is 0 Å². The van der Waals surface area contributed by atoms with Gasteiger partial charge in [0.15, 0.2) is 11.5 Å². The normalized spacial score (nSPS) is 15.3. The summed E-state index contributed by atoms with van der Waals surface area (Å²) < 4.78 is 10.9. The Morgan fingerprint density at radius 1 is 1.33 bits per heavy atom. The van der Waals surface area contributed by atoms with Crippen molar-refractivity contribution in [3.8, 4) is 17.6 Å². The number of rotatable bonds is 3. The van der Waals surface area contributed by atoms with Crippen molar-refractivity contribution in [2.75, 3.05) is 13.2 Å². The van der Waals surface area contributed by atoms with Crippen LogP contribution in [0, 0.1) is 11.3 Å². The van der Waals surface area contributed by atoms with Gasteiger partial charge in [-0.05, 0) is 31.5 Å². The molecule has 1 aromatic rings. The molecule has 0 saturated carbocycles. The van der Waals surface area contributed by atoms with Gasteiger partial charge in [0.05, 0.1) is 11.1 Å². The van der Waals surface area contributed by atoms with Gasteiger partial charge >= 0.3 is 0 Å². The van der Waals surface area contributed by atoms with Gasteiger partial charge in [-0.15, -0.1) is 0 Å². The van der Waals surface area contributed by atoms with Crippen molar-refractivity contribution in [1.29, 1.82) is 5.26 Å². The Labute approximate surface area is 111 Å². The number of nitrogens with zero attached hydrogens (tertiary/aromatic N) is 1. The fraction of sp³-hybridized carbons (Fsp3) is 0.462. The maximum absolute atomic E-state index is 9.20. The van der Waals surface area contributed by atoms with Crippen LogP contribution in [0.5, 0.6) is 11.5 Å². The van der Waals surface area contributed by atoms with E-state index in [4.69, 9.17) is 21.1 Å². The van der Waals surface area contributed by atoms with Gasteiger partial charge in [0, 0.05) is 6.04 Å². The summed E-state index contributed by atoms with van der Waals surface area (Å²) >= 11 is 6.14. The zero-order chi connectivity index (χ0) is 13.1. The Hall–Kier alpha value is -1.44. The molecule has 1 heterocycles. The summed E-state index contributed by atoms with van der Waals surface area (Å²) in [6.45, 7) is 4.98. The van der Waals surface area contributed by atoms with E-state index in [0.29, 0.717) is 29.7 Å². The molecule has 2 rings (SSSR count). The standard InChI is InChI=1S/C13H15ClN2O2/c1-8(2)16-11(7-15)9-5-10(14)13-12(6-9)17-3-4-18-13/h5-6,8,11,16H,3-4H2,1-2H3. The van der Waals surface area contributed by atoms with E-state index in [-0.39, 0.29) is 6.04 Å². The summed E-state index contributed by atoms with van der Waals surface area (Å²) in [6.07, 6.45) is 0. The van der Waals surface area contributed by atoms with Crippen LogP contribution in [0.3, 0.4) is 0 Å². The molecule has 0 amide bonds. The van der Waals surface area contributed by atoms with E-state index in [1.807, 2.05) is 19.9 Å². The third-order valence-corrected chi connectivity index (χ3v) is 2.86. The van der Waals surface area contributed by atoms with Gasteiger partial charge in [0.1, 0.15) is 19.3 Å². The fourth-order valence-corrected chi connectivity index (χ4v) is 2.11. The average molecular weight is 267 g/mol. The first-order valence-corrected chi connectivity index (χ1v) is 6.24. The summed E-state index contributed by atoms with van der Waals surface area (Å²) in [4.78, 5) is 0. The van der Waals surface area contributed by atoms with Gasteiger partial charge in [-0.2, -0.15) is 5.26 Å². The summed E-state index contributed by atoms with van der Waals surface area (Å²) in [5, 5.41) is 12.8. The third-order valence-electron chi connectivity index (χ3n) is 2.58. The zero-order valence-corrected chi connectivity index (χ0v) is 11.1. The molecule has 1 unspecified atom stereocenters. The molecule has 0 radical (unpaired) electrons. The molecule has 18 heavy (non-hydrogen) atoms. The lowest BCUT2D eigenvalue weighted by molar-refractivity contribution is 0.171. The van der Waals surface area contributed by atoms with Gasteiger partial charge < -0.3 is 9.47 Å². The molecule has 0 fully saturated rings. The number of ether oxygens (including phenoxy) is 2. The Bertz CT molecular complexity index is 483. The van der Waals surface area contributed by atoms with E-state index in [0.717, 1.165) is 5.56 Å². The Morgan fingerprint density at radius 2 is 2.06 bits per heavy atom. The van der Waals surface area contributed by atoms with Crippen molar-refractivity contribution in [3.05, 3.63) is 22.7 Å². The van der Waals surface area contributed by atoms with Gasteiger partial charge in [0.25, 0.3) is 0 Å². The van der Waals surface area contributed by atoms with E-state index >= 15 is 0 Å². The lowest BCUT2D eigenvalue weighted by Gasteiger charge is -2.22. The van der Waals surface area contributed by atoms with Crippen LogP contribution in [-0.2, 0) is 0 Å². The highest BCUT2D eigenvalue weighted by Crippen LogP contribution is 2.39. The molecule has 0 aromatic heterocycles. The molecule has 4 nitrogen and oxygen atoms in total. The van der Waals surface area contributed by atoms with Crippen molar-refractivity contribution >= 4 is 11.6 Å².